The molecule has 2 aromatic carbocycles. The normalized spacial score (nSPS) is 19.3. The van der Waals surface area contributed by atoms with Gasteiger partial charge in [-0.3, -0.25) is 0 Å². The summed E-state index contributed by atoms with van der Waals surface area (Å²) < 4.78 is 48.8. The Morgan fingerprint density at radius 1 is 0.931 bits per heavy atom. The molecule has 2 aromatic rings. The van der Waals surface area contributed by atoms with Crippen molar-refractivity contribution in [3.05, 3.63) is 64.5 Å². The Morgan fingerprint density at radius 3 is 2.34 bits per heavy atom. The van der Waals surface area contributed by atoms with E-state index in [1.54, 1.807) is 18.2 Å². The van der Waals surface area contributed by atoms with E-state index in [-0.39, 0.29) is 11.7 Å². The van der Waals surface area contributed by atoms with Crippen LogP contribution in [0.15, 0.2) is 30.3 Å². The van der Waals surface area contributed by atoms with Gasteiger partial charge in [-0.1, -0.05) is 38.5 Å². The maximum absolute atomic E-state index is 14.6. The molecule has 0 amide bonds. The van der Waals surface area contributed by atoms with Crippen LogP contribution in [0.2, 0.25) is 0 Å². The Hall–Kier alpha value is -1.97. The first-order valence-electron chi connectivity index (χ1n) is 10.9. The molecule has 0 N–H and O–H groups in total. The van der Waals surface area contributed by atoms with Crippen molar-refractivity contribution >= 4 is 0 Å². The molecule has 0 atom stereocenters. The summed E-state index contributed by atoms with van der Waals surface area (Å²) in [5, 5.41) is 0. The van der Waals surface area contributed by atoms with E-state index in [9.17, 15) is 13.2 Å². The van der Waals surface area contributed by atoms with Gasteiger partial charge in [0.2, 0.25) is 0 Å². The first-order chi connectivity index (χ1) is 14.0. The van der Waals surface area contributed by atoms with E-state index in [0.29, 0.717) is 35.8 Å². The molecular weight excluding hydrogens is 373 g/mol. The zero-order valence-corrected chi connectivity index (χ0v) is 17.4. The summed E-state index contributed by atoms with van der Waals surface area (Å²) in [6, 6.07) is 8.62. The van der Waals surface area contributed by atoms with E-state index >= 15 is 0 Å². The molecular formula is C25H31F3O. The molecule has 1 aliphatic rings. The minimum Gasteiger partial charge on any atom is -0.490 e. The Kier molecular flexibility index (Phi) is 7.63. The first-order valence-corrected chi connectivity index (χ1v) is 10.9. The molecule has 1 fully saturated rings. The molecule has 158 valence electrons. The van der Waals surface area contributed by atoms with Crippen molar-refractivity contribution < 1.29 is 17.9 Å². The highest BCUT2D eigenvalue weighted by molar-refractivity contribution is 5.30. The standard InChI is InChI=1S/C25H31F3O/c1-3-5-6-20-12-13-21(25(28)24(20)27)19-10-7-18(8-11-19)16-29-23-14-9-17(4-2)15-22(23)26/h9,12-15,18-19H,3-8,10-11,16H2,1-2H3. The molecule has 0 radical (unpaired) electrons. The third-order valence-electron chi connectivity index (χ3n) is 6.16. The summed E-state index contributed by atoms with van der Waals surface area (Å²) in [4.78, 5) is 0. The highest BCUT2D eigenvalue weighted by Gasteiger charge is 2.26. The van der Waals surface area contributed by atoms with Crippen LogP contribution < -0.4 is 4.74 Å². The van der Waals surface area contributed by atoms with Crippen molar-refractivity contribution in [1.29, 1.82) is 0 Å². The third kappa shape index (κ3) is 5.34. The fraction of sp³-hybridized carbons (Fsp3) is 0.520. The predicted molar refractivity (Wildman–Crippen MR) is 111 cm³/mol. The summed E-state index contributed by atoms with van der Waals surface area (Å²) in [7, 11) is 0. The van der Waals surface area contributed by atoms with Gasteiger partial charge in [0, 0.05) is 0 Å². The van der Waals surface area contributed by atoms with E-state index in [2.05, 4.69) is 0 Å². The van der Waals surface area contributed by atoms with Gasteiger partial charge in [-0.05, 0) is 85.6 Å². The van der Waals surface area contributed by atoms with Crippen LogP contribution in [0.1, 0.15) is 75.0 Å². The highest BCUT2D eigenvalue weighted by atomic mass is 19.2. The van der Waals surface area contributed by atoms with E-state index in [1.165, 1.54) is 6.07 Å². The smallest absolute Gasteiger partial charge is 0.165 e. The molecule has 1 saturated carbocycles. The topological polar surface area (TPSA) is 9.23 Å². The SMILES string of the molecule is CCCCc1ccc(C2CCC(COc3ccc(CC)cc3F)CC2)c(F)c1F. The van der Waals surface area contributed by atoms with Crippen molar-refractivity contribution in [1.82, 2.24) is 0 Å². The lowest BCUT2D eigenvalue weighted by Gasteiger charge is -2.29. The van der Waals surface area contributed by atoms with Crippen LogP contribution in [0, 0.1) is 23.4 Å². The summed E-state index contributed by atoms with van der Waals surface area (Å²) in [6.07, 6.45) is 6.54. The van der Waals surface area contributed by atoms with E-state index in [4.69, 9.17) is 4.74 Å². The molecule has 0 aliphatic heterocycles. The van der Waals surface area contributed by atoms with Crippen molar-refractivity contribution in [2.45, 2.75) is 71.1 Å². The maximum Gasteiger partial charge on any atom is 0.165 e. The van der Waals surface area contributed by atoms with Crippen LogP contribution in [0.4, 0.5) is 13.2 Å². The van der Waals surface area contributed by atoms with E-state index in [1.807, 2.05) is 19.9 Å². The van der Waals surface area contributed by atoms with Gasteiger partial charge >= 0.3 is 0 Å². The number of aryl methyl sites for hydroxylation is 2. The highest BCUT2D eigenvalue weighted by Crippen LogP contribution is 2.38. The number of halogens is 3. The average molecular weight is 405 g/mol. The van der Waals surface area contributed by atoms with Crippen molar-refractivity contribution in [2.24, 2.45) is 5.92 Å². The summed E-state index contributed by atoms with van der Waals surface area (Å²) >= 11 is 0. The second kappa shape index (κ2) is 10.2. The lowest BCUT2D eigenvalue weighted by molar-refractivity contribution is 0.193. The van der Waals surface area contributed by atoms with Crippen LogP contribution >= 0.6 is 0 Å². The fourth-order valence-electron chi connectivity index (χ4n) is 4.21. The van der Waals surface area contributed by atoms with Crippen molar-refractivity contribution in [3.8, 4) is 5.75 Å². The van der Waals surface area contributed by atoms with Gasteiger partial charge in [-0.25, -0.2) is 13.2 Å². The summed E-state index contributed by atoms with van der Waals surface area (Å²) in [5.41, 5.74) is 1.93. The van der Waals surface area contributed by atoms with Crippen molar-refractivity contribution in [3.63, 3.8) is 0 Å². The van der Waals surface area contributed by atoms with Gasteiger partial charge in [0.15, 0.2) is 23.2 Å². The number of ether oxygens (including phenoxy) is 1. The molecule has 0 unspecified atom stereocenters. The van der Waals surface area contributed by atoms with Crippen LogP contribution in [-0.2, 0) is 12.8 Å². The quantitative estimate of drug-likeness (QED) is 0.446. The van der Waals surface area contributed by atoms with Gasteiger partial charge < -0.3 is 4.74 Å². The van der Waals surface area contributed by atoms with Gasteiger partial charge in [-0.2, -0.15) is 0 Å². The Balaban J connectivity index is 1.55. The van der Waals surface area contributed by atoms with Crippen LogP contribution in [0.3, 0.4) is 0 Å². The minimum atomic E-state index is -0.674. The maximum atomic E-state index is 14.6. The molecule has 0 heterocycles. The lowest BCUT2D eigenvalue weighted by atomic mass is 9.78. The predicted octanol–water partition coefficient (Wildman–Crippen LogP) is 7.36. The minimum absolute atomic E-state index is 0.0431. The number of rotatable bonds is 8. The van der Waals surface area contributed by atoms with Crippen molar-refractivity contribution in [2.75, 3.05) is 6.61 Å². The number of benzene rings is 2. The molecule has 1 aliphatic carbocycles. The van der Waals surface area contributed by atoms with Gasteiger partial charge in [-0.15, -0.1) is 0 Å². The largest absolute Gasteiger partial charge is 0.490 e. The Morgan fingerprint density at radius 2 is 1.69 bits per heavy atom. The van der Waals surface area contributed by atoms with Gasteiger partial charge in [0.1, 0.15) is 0 Å². The summed E-state index contributed by atoms with van der Waals surface area (Å²) in [6.45, 7) is 4.49. The molecule has 29 heavy (non-hydrogen) atoms. The molecule has 0 saturated heterocycles. The number of unbranched alkanes of at least 4 members (excludes halogenated alkanes) is 1. The Bertz CT molecular complexity index is 810. The first kappa shape index (κ1) is 21.7. The van der Waals surface area contributed by atoms with Crippen LogP contribution in [-0.4, -0.2) is 6.61 Å². The van der Waals surface area contributed by atoms with E-state index < -0.39 is 11.6 Å². The monoisotopic (exact) mass is 404 g/mol. The number of hydrogen-bond donors (Lipinski definition) is 0. The van der Waals surface area contributed by atoms with Crippen LogP contribution in [0.25, 0.3) is 0 Å². The second-order valence-electron chi connectivity index (χ2n) is 8.19. The lowest BCUT2D eigenvalue weighted by Crippen LogP contribution is -2.20. The van der Waals surface area contributed by atoms with Crippen LogP contribution in [0.5, 0.6) is 5.75 Å². The molecule has 1 nitrogen and oxygen atoms in total. The molecule has 0 spiro atoms. The molecule has 4 heteroatoms. The third-order valence-corrected chi connectivity index (χ3v) is 6.16. The Labute approximate surface area is 172 Å². The number of hydrogen-bond acceptors (Lipinski definition) is 1. The molecule has 3 rings (SSSR count). The molecule has 0 bridgehead atoms. The van der Waals surface area contributed by atoms with Gasteiger partial charge in [0.25, 0.3) is 0 Å². The fourth-order valence-corrected chi connectivity index (χ4v) is 4.21. The van der Waals surface area contributed by atoms with E-state index in [0.717, 1.165) is 50.5 Å². The molecule has 0 aromatic heterocycles. The second-order valence-corrected chi connectivity index (χ2v) is 8.19. The average Bonchev–Trinajstić information content (AvgIpc) is 2.74. The zero-order chi connectivity index (χ0) is 20.8. The summed E-state index contributed by atoms with van der Waals surface area (Å²) in [5.74, 6) is -1.02. The van der Waals surface area contributed by atoms with Gasteiger partial charge in [0.05, 0.1) is 6.61 Å². The zero-order valence-electron chi connectivity index (χ0n) is 17.4.